The normalized spacial score (nSPS) is 9.90. The summed E-state index contributed by atoms with van der Waals surface area (Å²) >= 11 is 0. The molecule has 102 valence electrons. The van der Waals surface area contributed by atoms with Crippen LogP contribution >= 0.6 is 0 Å². The molecule has 0 amide bonds. The molecule has 0 aliphatic heterocycles. The standard InChI is InChI=1S/C15H12F2N2O/c1-20-15-4-10(2-3-11(15)8-18)9-19-14-6-12(16)5-13(17)7-14/h2-7,19H,9H2,1H3. The lowest BCUT2D eigenvalue weighted by Crippen LogP contribution is -2.01. The Morgan fingerprint density at radius 3 is 2.45 bits per heavy atom. The number of ether oxygens (including phenoxy) is 1. The maximum Gasteiger partial charge on any atom is 0.136 e. The topological polar surface area (TPSA) is 45.0 Å². The predicted molar refractivity (Wildman–Crippen MR) is 71.4 cm³/mol. The van der Waals surface area contributed by atoms with E-state index in [4.69, 9.17) is 10.00 Å². The molecular weight excluding hydrogens is 262 g/mol. The van der Waals surface area contributed by atoms with Gasteiger partial charge in [0.15, 0.2) is 0 Å². The Bertz CT molecular complexity index is 645. The van der Waals surface area contributed by atoms with Gasteiger partial charge in [-0.3, -0.25) is 0 Å². The molecule has 20 heavy (non-hydrogen) atoms. The largest absolute Gasteiger partial charge is 0.495 e. The van der Waals surface area contributed by atoms with Gasteiger partial charge in [0.25, 0.3) is 0 Å². The van der Waals surface area contributed by atoms with Crippen molar-refractivity contribution in [2.45, 2.75) is 6.54 Å². The number of hydrogen-bond acceptors (Lipinski definition) is 3. The van der Waals surface area contributed by atoms with E-state index in [-0.39, 0.29) is 0 Å². The third-order valence-electron chi connectivity index (χ3n) is 2.75. The van der Waals surface area contributed by atoms with Crippen molar-refractivity contribution in [1.82, 2.24) is 0 Å². The second-order valence-electron chi connectivity index (χ2n) is 4.16. The lowest BCUT2D eigenvalue weighted by Gasteiger charge is -2.09. The molecular formula is C15H12F2N2O. The molecule has 1 N–H and O–H groups in total. The van der Waals surface area contributed by atoms with Crippen molar-refractivity contribution < 1.29 is 13.5 Å². The summed E-state index contributed by atoms with van der Waals surface area (Å²) in [5.74, 6) is -0.799. The zero-order chi connectivity index (χ0) is 14.5. The molecule has 0 aliphatic rings. The van der Waals surface area contributed by atoms with Gasteiger partial charge in [-0.2, -0.15) is 5.26 Å². The van der Waals surface area contributed by atoms with Gasteiger partial charge in [0.1, 0.15) is 23.5 Å². The Morgan fingerprint density at radius 1 is 1.15 bits per heavy atom. The molecule has 3 nitrogen and oxygen atoms in total. The highest BCUT2D eigenvalue weighted by Gasteiger charge is 2.04. The fourth-order valence-electron chi connectivity index (χ4n) is 1.80. The van der Waals surface area contributed by atoms with E-state index in [1.165, 1.54) is 19.2 Å². The van der Waals surface area contributed by atoms with Crippen LogP contribution in [-0.4, -0.2) is 7.11 Å². The Balaban J connectivity index is 2.13. The quantitative estimate of drug-likeness (QED) is 0.928. The number of nitrogens with one attached hydrogen (secondary N) is 1. The summed E-state index contributed by atoms with van der Waals surface area (Å²) in [4.78, 5) is 0. The van der Waals surface area contributed by atoms with Gasteiger partial charge in [-0.1, -0.05) is 6.07 Å². The number of methoxy groups -OCH3 is 1. The molecule has 0 fully saturated rings. The minimum atomic E-state index is -0.634. The van der Waals surface area contributed by atoms with Crippen molar-refractivity contribution in [2.75, 3.05) is 12.4 Å². The molecule has 5 heteroatoms. The number of halogens is 2. The molecule has 0 heterocycles. The highest BCUT2D eigenvalue weighted by atomic mass is 19.1. The number of nitriles is 1. The van der Waals surface area contributed by atoms with Gasteiger partial charge in [-0.25, -0.2) is 8.78 Å². The van der Waals surface area contributed by atoms with Crippen LogP contribution in [-0.2, 0) is 6.54 Å². The fraction of sp³-hybridized carbons (Fsp3) is 0.133. The highest BCUT2D eigenvalue weighted by Crippen LogP contribution is 2.20. The summed E-state index contributed by atoms with van der Waals surface area (Å²) < 4.78 is 31.2. The second-order valence-corrected chi connectivity index (χ2v) is 4.16. The minimum Gasteiger partial charge on any atom is -0.495 e. The summed E-state index contributed by atoms with van der Waals surface area (Å²) in [6.07, 6.45) is 0. The first-order valence-electron chi connectivity index (χ1n) is 5.89. The van der Waals surface area contributed by atoms with E-state index >= 15 is 0 Å². The van der Waals surface area contributed by atoms with Crippen LogP contribution in [0.5, 0.6) is 5.75 Å². The van der Waals surface area contributed by atoms with Gasteiger partial charge >= 0.3 is 0 Å². The molecule has 0 aromatic heterocycles. The number of nitrogens with zero attached hydrogens (tertiary/aromatic N) is 1. The Labute approximate surface area is 115 Å². The molecule has 0 saturated heterocycles. The molecule has 0 aliphatic carbocycles. The Hall–Kier alpha value is -2.61. The lowest BCUT2D eigenvalue weighted by molar-refractivity contribution is 0.413. The van der Waals surface area contributed by atoms with Crippen molar-refractivity contribution in [1.29, 1.82) is 5.26 Å². The van der Waals surface area contributed by atoms with E-state index in [0.29, 0.717) is 23.5 Å². The zero-order valence-corrected chi connectivity index (χ0v) is 10.8. The average molecular weight is 274 g/mol. The lowest BCUT2D eigenvalue weighted by atomic mass is 10.1. The summed E-state index contributed by atoms with van der Waals surface area (Å²) in [5, 5.41) is 11.8. The first kappa shape index (κ1) is 13.8. The summed E-state index contributed by atoms with van der Waals surface area (Å²) in [6.45, 7) is 0.366. The van der Waals surface area contributed by atoms with Gasteiger partial charge in [0.2, 0.25) is 0 Å². The van der Waals surface area contributed by atoms with Crippen LogP contribution < -0.4 is 10.1 Å². The van der Waals surface area contributed by atoms with E-state index in [1.54, 1.807) is 18.2 Å². The summed E-state index contributed by atoms with van der Waals surface area (Å²) in [7, 11) is 1.48. The van der Waals surface area contributed by atoms with Crippen LogP contribution in [0.15, 0.2) is 36.4 Å². The van der Waals surface area contributed by atoms with Crippen molar-refractivity contribution in [2.24, 2.45) is 0 Å². The third kappa shape index (κ3) is 3.23. The SMILES string of the molecule is COc1cc(CNc2cc(F)cc(F)c2)ccc1C#N. The average Bonchev–Trinajstić information content (AvgIpc) is 2.43. The molecule has 0 atom stereocenters. The van der Waals surface area contributed by atoms with E-state index in [9.17, 15) is 8.78 Å². The Kier molecular flexibility index (Phi) is 4.16. The molecule has 2 aromatic rings. The molecule has 0 bridgehead atoms. The monoisotopic (exact) mass is 274 g/mol. The molecule has 2 aromatic carbocycles. The fourth-order valence-corrected chi connectivity index (χ4v) is 1.80. The first-order chi connectivity index (χ1) is 9.62. The maximum atomic E-state index is 13.0. The van der Waals surface area contributed by atoms with E-state index in [0.717, 1.165) is 11.6 Å². The van der Waals surface area contributed by atoms with Crippen molar-refractivity contribution in [3.05, 3.63) is 59.2 Å². The second kappa shape index (κ2) is 6.02. The van der Waals surface area contributed by atoms with E-state index < -0.39 is 11.6 Å². The van der Waals surface area contributed by atoms with Crippen LogP contribution in [0.3, 0.4) is 0 Å². The van der Waals surface area contributed by atoms with Crippen LogP contribution in [0.1, 0.15) is 11.1 Å². The van der Waals surface area contributed by atoms with Crippen molar-refractivity contribution >= 4 is 5.69 Å². The number of rotatable bonds is 4. The van der Waals surface area contributed by atoms with Crippen molar-refractivity contribution in [3.63, 3.8) is 0 Å². The van der Waals surface area contributed by atoms with Crippen LogP contribution in [0.25, 0.3) is 0 Å². The van der Waals surface area contributed by atoms with E-state index in [2.05, 4.69) is 5.32 Å². The van der Waals surface area contributed by atoms with Gasteiger partial charge in [0.05, 0.1) is 12.7 Å². The number of hydrogen-bond donors (Lipinski definition) is 1. The third-order valence-corrected chi connectivity index (χ3v) is 2.75. The van der Waals surface area contributed by atoms with Gasteiger partial charge in [-0.05, 0) is 29.8 Å². The van der Waals surface area contributed by atoms with Crippen LogP contribution in [0.4, 0.5) is 14.5 Å². The molecule has 0 unspecified atom stereocenters. The molecule has 2 rings (SSSR count). The maximum absolute atomic E-state index is 13.0. The summed E-state index contributed by atoms with van der Waals surface area (Å²) in [6, 6.07) is 10.4. The Morgan fingerprint density at radius 2 is 1.85 bits per heavy atom. The molecule has 0 saturated carbocycles. The first-order valence-corrected chi connectivity index (χ1v) is 5.89. The zero-order valence-electron chi connectivity index (χ0n) is 10.8. The minimum absolute atomic E-state index is 0.353. The highest BCUT2D eigenvalue weighted by molar-refractivity contribution is 5.48. The predicted octanol–water partition coefficient (Wildman–Crippen LogP) is 3.46. The van der Waals surface area contributed by atoms with Crippen LogP contribution in [0.2, 0.25) is 0 Å². The smallest absolute Gasteiger partial charge is 0.136 e. The van der Waals surface area contributed by atoms with Crippen molar-refractivity contribution in [3.8, 4) is 11.8 Å². The van der Waals surface area contributed by atoms with Crippen LogP contribution in [0, 0.1) is 23.0 Å². The number of anilines is 1. The molecule has 0 radical (unpaired) electrons. The summed E-state index contributed by atoms with van der Waals surface area (Å²) in [5.41, 5.74) is 1.63. The molecule has 0 spiro atoms. The number of benzene rings is 2. The van der Waals surface area contributed by atoms with Gasteiger partial charge in [-0.15, -0.1) is 0 Å². The van der Waals surface area contributed by atoms with E-state index in [1.807, 2.05) is 6.07 Å². The van der Waals surface area contributed by atoms with Gasteiger partial charge < -0.3 is 10.1 Å². The van der Waals surface area contributed by atoms with Gasteiger partial charge in [0, 0.05) is 18.3 Å².